The third-order valence-corrected chi connectivity index (χ3v) is 6.00. The first kappa shape index (κ1) is 17.4. The Morgan fingerprint density at radius 2 is 1.04 bits per heavy atom. The van der Waals surface area contributed by atoms with Crippen LogP contribution in [0.2, 0.25) is 0 Å². The molecule has 2 aliphatic carbocycles. The summed E-state index contributed by atoms with van der Waals surface area (Å²) in [6.07, 6.45) is 13.0. The summed E-state index contributed by atoms with van der Waals surface area (Å²) in [6, 6.07) is 0. The molecule has 0 aliphatic heterocycles. The second-order valence-electron chi connectivity index (χ2n) is 7.69. The Kier molecular flexibility index (Phi) is 5.53. The van der Waals surface area contributed by atoms with Gasteiger partial charge in [-0.05, 0) is 84.7 Å². The smallest absolute Gasteiger partial charge is 0.123 e. The van der Waals surface area contributed by atoms with Crippen molar-refractivity contribution in [2.75, 3.05) is 0 Å². The van der Waals surface area contributed by atoms with Crippen LogP contribution in [0, 0.1) is 11.8 Å². The SMILES string of the molecule is CCCCc1c2c(c(CCCC)c3c1CC(C=O)C3)CC(C=O)C2. The van der Waals surface area contributed by atoms with Gasteiger partial charge in [-0.15, -0.1) is 0 Å². The summed E-state index contributed by atoms with van der Waals surface area (Å²) in [4.78, 5) is 22.9. The highest BCUT2D eigenvalue weighted by Crippen LogP contribution is 2.42. The van der Waals surface area contributed by atoms with E-state index in [9.17, 15) is 9.59 Å². The van der Waals surface area contributed by atoms with Crippen molar-refractivity contribution in [3.8, 4) is 0 Å². The lowest BCUT2D eigenvalue weighted by Crippen LogP contribution is -2.07. The predicted molar refractivity (Wildman–Crippen MR) is 97.6 cm³/mol. The molecule has 0 fully saturated rings. The van der Waals surface area contributed by atoms with E-state index < -0.39 is 0 Å². The van der Waals surface area contributed by atoms with E-state index in [2.05, 4.69) is 13.8 Å². The standard InChI is InChI=1S/C22H30O2/c1-3-5-7-17-19-9-15(13-23)11-21(19)18(8-6-4-2)22-12-16(14-24)10-20(17)22/h13-16H,3-12H2,1-2H3. The number of carbonyl (C=O) groups excluding carboxylic acids is 2. The molecular weight excluding hydrogens is 296 g/mol. The van der Waals surface area contributed by atoms with Crippen LogP contribution in [0.1, 0.15) is 72.9 Å². The minimum Gasteiger partial charge on any atom is -0.303 e. The van der Waals surface area contributed by atoms with E-state index in [0.29, 0.717) is 0 Å². The van der Waals surface area contributed by atoms with Gasteiger partial charge in [0.2, 0.25) is 0 Å². The van der Waals surface area contributed by atoms with Gasteiger partial charge in [0.15, 0.2) is 0 Å². The lowest BCUT2D eigenvalue weighted by molar-refractivity contribution is -0.111. The number of benzene rings is 1. The van der Waals surface area contributed by atoms with Gasteiger partial charge in [-0.25, -0.2) is 0 Å². The summed E-state index contributed by atoms with van der Waals surface area (Å²) in [7, 11) is 0. The van der Waals surface area contributed by atoms with Crippen LogP contribution < -0.4 is 0 Å². The topological polar surface area (TPSA) is 34.1 Å². The molecule has 0 saturated heterocycles. The molecule has 1 aromatic rings. The van der Waals surface area contributed by atoms with Gasteiger partial charge in [0, 0.05) is 11.8 Å². The van der Waals surface area contributed by atoms with Crippen molar-refractivity contribution >= 4 is 12.6 Å². The average molecular weight is 326 g/mol. The zero-order valence-electron chi connectivity index (χ0n) is 15.2. The van der Waals surface area contributed by atoms with Gasteiger partial charge in [-0.3, -0.25) is 0 Å². The van der Waals surface area contributed by atoms with Crippen molar-refractivity contribution in [1.82, 2.24) is 0 Å². The molecule has 2 heteroatoms. The summed E-state index contributed by atoms with van der Waals surface area (Å²) in [5, 5.41) is 0. The fourth-order valence-corrected chi connectivity index (χ4v) is 4.77. The van der Waals surface area contributed by atoms with Gasteiger partial charge in [0.1, 0.15) is 12.6 Å². The summed E-state index contributed by atoms with van der Waals surface area (Å²) in [5.41, 5.74) is 8.95. The number of aldehydes is 2. The van der Waals surface area contributed by atoms with E-state index in [1.54, 1.807) is 0 Å². The zero-order chi connectivity index (χ0) is 17.1. The van der Waals surface area contributed by atoms with Gasteiger partial charge >= 0.3 is 0 Å². The lowest BCUT2D eigenvalue weighted by atomic mass is 9.85. The Labute approximate surface area is 146 Å². The minimum absolute atomic E-state index is 0.171. The first-order chi connectivity index (χ1) is 11.7. The maximum Gasteiger partial charge on any atom is 0.123 e. The van der Waals surface area contributed by atoms with Gasteiger partial charge in [-0.1, -0.05) is 26.7 Å². The van der Waals surface area contributed by atoms with E-state index in [1.807, 2.05) is 0 Å². The van der Waals surface area contributed by atoms with Crippen LogP contribution in [-0.2, 0) is 48.1 Å². The Balaban J connectivity index is 2.10. The van der Waals surface area contributed by atoms with E-state index in [0.717, 1.165) is 51.1 Å². The van der Waals surface area contributed by atoms with Crippen molar-refractivity contribution in [2.24, 2.45) is 11.8 Å². The third-order valence-electron chi connectivity index (χ3n) is 6.00. The number of carbonyl (C=O) groups is 2. The Bertz CT molecular complexity index is 537. The molecule has 0 bridgehead atoms. The molecule has 0 spiro atoms. The second-order valence-corrected chi connectivity index (χ2v) is 7.69. The minimum atomic E-state index is 0.171. The molecule has 1 aromatic carbocycles. The molecule has 0 atom stereocenters. The summed E-state index contributed by atoms with van der Waals surface area (Å²) in [6.45, 7) is 4.47. The molecule has 3 rings (SSSR count). The fourth-order valence-electron chi connectivity index (χ4n) is 4.77. The molecule has 0 radical (unpaired) electrons. The van der Waals surface area contributed by atoms with E-state index in [1.165, 1.54) is 59.1 Å². The van der Waals surface area contributed by atoms with Crippen LogP contribution in [0.5, 0.6) is 0 Å². The van der Waals surface area contributed by atoms with E-state index >= 15 is 0 Å². The molecule has 0 N–H and O–H groups in total. The zero-order valence-corrected chi connectivity index (χ0v) is 15.2. The molecule has 0 heterocycles. The van der Waals surface area contributed by atoms with Crippen molar-refractivity contribution in [2.45, 2.75) is 78.1 Å². The van der Waals surface area contributed by atoms with Crippen LogP contribution in [0.4, 0.5) is 0 Å². The number of hydrogen-bond acceptors (Lipinski definition) is 2. The second kappa shape index (κ2) is 7.63. The predicted octanol–water partition coefficient (Wildman–Crippen LogP) is 4.20. The quantitative estimate of drug-likeness (QED) is 0.671. The largest absolute Gasteiger partial charge is 0.303 e. The monoisotopic (exact) mass is 326 g/mol. The number of rotatable bonds is 8. The molecule has 24 heavy (non-hydrogen) atoms. The van der Waals surface area contributed by atoms with Crippen LogP contribution >= 0.6 is 0 Å². The van der Waals surface area contributed by atoms with Gasteiger partial charge < -0.3 is 9.59 Å². The highest BCUT2D eigenvalue weighted by molar-refractivity contribution is 5.66. The van der Waals surface area contributed by atoms with Crippen LogP contribution in [0.3, 0.4) is 0 Å². The Morgan fingerprint density at radius 1 is 0.708 bits per heavy atom. The van der Waals surface area contributed by atoms with Crippen molar-refractivity contribution < 1.29 is 9.59 Å². The first-order valence-corrected chi connectivity index (χ1v) is 9.81. The highest BCUT2D eigenvalue weighted by Gasteiger charge is 2.34. The van der Waals surface area contributed by atoms with Gasteiger partial charge in [0.25, 0.3) is 0 Å². The first-order valence-electron chi connectivity index (χ1n) is 9.81. The summed E-state index contributed by atoms with van der Waals surface area (Å²) >= 11 is 0. The molecule has 0 aromatic heterocycles. The van der Waals surface area contributed by atoms with Gasteiger partial charge in [0.05, 0.1) is 0 Å². The highest BCUT2D eigenvalue weighted by atomic mass is 16.1. The molecule has 0 unspecified atom stereocenters. The third kappa shape index (κ3) is 3.08. The Morgan fingerprint density at radius 3 is 1.29 bits per heavy atom. The van der Waals surface area contributed by atoms with E-state index in [4.69, 9.17) is 0 Å². The van der Waals surface area contributed by atoms with Crippen molar-refractivity contribution in [3.63, 3.8) is 0 Å². The number of fused-ring (bicyclic) bond motifs is 2. The van der Waals surface area contributed by atoms with Crippen molar-refractivity contribution in [3.05, 3.63) is 33.4 Å². The van der Waals surface area contributed by atoms with E-state index in [-0.39, 0.29) is 11.8 Å². The Hall–Kier alpha value is -1.44. The molecule has 2 aliphatic rings. The number of hydrogen-bond donors (Lipinski definition) is 0. The van der Waals surface area contributed by atoms with Crippen molar-refractivity contribution in [1.29, 1.82) is 0 Å². The molecule has 0 saturated carbocycles. The molecule has 130 valence electrons. The fraction of sp³-hybridized carbons (Fsp3) is 0.636. The molecular formula is C22H30O2. The van der Waals surface area contributed by atoms with Crippen LogP contribution in [-0.4, -0.2) is 12.6 Å². The molecule has 0 amide bonds. The average Bonchev–Trinajstić information content (AvgIpc) is 3.21. The maximum atomic E-state index is 11.4. The lowest BCUT2D eigenvalue weighted by Gasteiger charge is -2.20. The summed E-state index contributed by atoms with van der Waals surface area (Å²) < 4.78 is 0. The van der Waals surface area contributed by atoms with Gasteiger partial charge in [-0.2, -0.15) is 0 Å². The van der Waals surface area contributed by atoms with Crippen LogP contribution in [0.15, 0.2) is 0 Å². The maximum absolute atomic E-state index is 11.4. The van der Waals surface area contributed by atoms with Crippen LogP contribution in [0.25, 0.3) is 0 Å². The number of unbranched alkanes of at least 4 members (excludes halogenated alkanes) is 2. The molecule has 2 nitrogen and oxygen atoms in total. The summed E-state index contributed by atoms with van der Waals surface area (Å²) in [5.74, 6) is 0.343. The normalized spacial score (nSPS) is 17.1.